The van der Waals surface area contributed by atoms with Crippen LogP contribution in [0.1, 0.15) is 24.7 Å². The summed E-state index contributed by atoms with van der Waals surface area (Å²) in [5.41, 5.74) is 1.45. The van der Waals surface area contributed by atoms with Crippen LogP contribution in [0.4, 0.5) is 5.13 Å². The number of sulfone groups is 1. The molecule has 2 heterocycles. The fraction of sp³-hybridized carbons (Fsp3) is 0.250. The van der Waals surface area contributed by atoms with Crippen molar-refractivity contribution in [2.45, 2.75) is 25.6 Å². The maximum absolute atomic E-state index is 13.2. The highest BCUT2D eigenvalue weighted by atomic mass is 32.2. The molecule has 2 aromatic heterocycles. The van der Waals surface area contributed by atoms with E-state index in [2.05, 4.69) is 4.98 Å². The van der Waals surface area contributed by atoms with Crippen molar-refractivity contribution < 1.29 is 22.4 Å². The molecule has 0 atom stereocenters. The highest BCUT2D eigenvalue weighted by Crippen LogP contribution is 2.32. The number of ether oxygens (including phenoxy) is 1. The molecule has 1 amide bonds. The summed E-state index contributed by atoms with van der Waals surface area (Å²) in [7, 11) is -3.45. The van der Waals surface area contributed by atoms with Gasteiger partial charge in [0.1, 0.15) is 11.5 Å². The number of hydrogen-bond donors (Lipinski definition) is 0. The van der Waals surface area contributed by atoms with E-state index in [9.17, 15) is 13.2 Å². The molecule has 0 aliphatic carbocycles. The largest absolute Gasteiger partial charge is 0.494 e. The zero-order valence-electron chi connectivity index (χ0n) is 18.1. The van der Waals surface area contributed by atoms with Crippen LogP contribution >= 0.6 is 11.3 Å². The zero-order chi connectivity index (χ0) is 23.3. The first-order valence-electron chi connectivity index (χ1n) is 10.5. The number of thiazole rings is 1. The van der Waals surface area contributed by atoms with Crippen molar-refractivity contribution in [1.82, 2.24) is 4.98 Å². The molecule has 0 radical (unpaired) electrons. The number of benzene rings is 2. The van der Waals surface area contributed by atoms with Crippen LogP contribution in [0.15, 0.2) is 71.3 Å². The quantitative estimate of drug-likeness (QED) is 0.320. The van der Waals surface area contributed by atoms with Crippen LogP contribution in [0.25, 0.3) is 10.2 Å². The lowest BCUT2D eigenvalue weighted by Crippen LogP contribution is -2.31. The normalized spacial score (nSPS) is 11.5. The maximum Gasteiger partial charge on any atom is 0.230 e. The van der Waals surface area contributed by atoms with Gasteiger partial charge in [-0.2, -0.15) is 0 Å². The second kappa shape index (κ2) is 10.2. The fourth-order valence-corrected chi connectivity index (χ4v) is 5.70. The number of nitrogens with zero attached hydrogens (tertiary/aromatic N) is 2. The Morgan fingerprint density at radius 2 is 1.94 bits per heavy atom. The smallest absolute Gasteiger partial charge is 0.230 e. The molecule has 7 nitrogen and oxygen atoms in total. The van der Waals surface area contributed by atoms with Crippen LogP contribution in [0, 0.1) is 0 Å². The maximum atomic E-state index is 13.2. The van der Waals surface area contributed by atoms with Gasteiger partial charge in [-0.1, -0.05) is 41.7 Å². The summed E-state index contributed by atoms with van der Waals surface area (Å²) in [6, 6.07) is 18.0. The molecule has 0 saturated carbocycles. The SMILES string of the molecule is CCOc1ccc2nc(N(Cc3ccco3)C(=O)CCS(=O)(=O)Cc3ccccc3)sc2c1. The average Bonchev–Trinajstić information content (AvgIpc) is 3.46. The number of carbonyl (C=O) groups excluding carboxylic acids is 1. The van der Waals surface area contributed by atoms with E-state index < -0.39 is 9.84 Å². The van der Waals surface area contributed by atoms with Gasteiger partial charge in [0.05, 0.1) is 41.1 Å². The zero-order valence-corrected chi connectivity index (χ0v) is 19.8. The Balaban J connectivity index is 1.54. The van der Waals surface area contributed by atoms with E-state index in [0.717, 1.165) is 16.0 Å². The summed E-state index contributed by atoms with van der Waals surface area (Å²) in [5, 5.41) is 0.487. The van der Waals surface area contributed by atoms with Crippen LogP contribution in [-0.4, -0.2) is 31.7 Å². The van der Waals surface area contributed by atoms with E-state index in [1.54, 1.807) is 36.4 Å². The first-order chi connectivity index (χ1) is 15.9. The molecule has 9 heteroatoms. The molecule has 0 bridgehead atoms. The predicted octanol–water partition coefficient (Wildman–Crippen LogP) is 4.83. The Kier molecular flexibility index (Phi) is 7.10. The molecule has 0 spiro atoms. The van der Waals surface area contributed by atoms with Crippen molar-refractivity contribution in [3.05, 3.63) is 78.3 Å². The average molecular weight is 485 g/mol. The summed E-state index contributed by atoms with van der Waals surface area (Å²) in [6.07, 6.45) is 1.39. The lowest BCUT2D eigenvalue weighted by molar-refractivity contribution is -0.118. The van der Waals surface area contributed by atoms with Gasteiger partial charge in [-0.3, -0.25) is 9.69 Å². The van der Waals surface area contributed by atoms with Crippen molar-refractivity contribution in [3.63, 3.8) is 0 Å². The van der Waals surface area contributed by atoms with Gasteiger partial charge >= 0.3 is 0 Å². The number of anilines is 1. The van der Waals surface area contributed by atoms with Gasteiger partial charge in [0.15, 0.2) is 15.0 Å². The third-order valence-electron chi connectivity index (χ3n) is 4.94. The molecule has 0 saturated heterocycles. The lowest BCUT2D eigenvalue weighted by Gasteiger charge is -2.18. The van der Waals surface area contributed by atoms with Gasteiger partial charge in [-0.05, 0) is 42.8 Å². The van der Waals surface area contributed by atoms with Gasteiger partial charge in [0, 0.05) is 6.42 Å². The summed E-state index contributed by atoms with van der Waals surface area (Å²) in [4.78, 5) is 19.3. The Morgan fingerprint density at radius 1 is 1.12 bits per heavy atom. The number of amides is 1. The number of fused-ring (bicyclic) bond motifs is 1. The van der Waals surface area contributed by atoms with Crippen LogP contribution in [0.5, 0.6) is 5.75 Å². The number of carbonyl (C=O) groups is 1. The van der Waals surface area contributed by atoms with Crippen LogP contribution in [-0.2, 0) is 26.9 Å². The van der Waals surface area contributed by atoms with Crippen LogP contribution in [0.2, 0.25) is 0 Å². The second-order valence-corrected chi connectivity index (χ2v) is 10.6. The molecule has 172 valence electrons. The first kappa shape index (κ1) is 23.0. The van der Waals surface area contributed by atoms with Crippen molar-refractivity contribution >= 4 is 42.4 Å². The lowest BCUT2D eigenvalue weighted by atomic mass is 10.2. The molecule has 4 aromatic rings. The summed E-state index contributed by atoms with van der Waals surface area (Å²) >= 11 is 1.35. The molecule has 4 rings (SSSR count). The molecule has 0 aliphatic rings. The van der Waals surface area contributed by atoms with Crippen molar-refractivity contribution in [1.29, 1.82) is 0 Å². The minimum atomic E-state index is -3.45. The predicted molar refractivity (Wildman–Crippen MR) is 129 cm³/mol. The van der Waals surface area contributed by atoms with Crippen molar-refractivity contribution in [2.24, 2.45) is 0 Å². The molecule has 0 unspecified atom stereocenters. The number of aromatic nitrogens is 1. The molecule has 0 aliphatic heterocycles. The van der Waals surface area contributed by atoms with E-state index in [4.69, 9.17) is 9.15 Å². The molecular formula is C24H24N2O5S2. The summed E-state index contributed by atoms with van der Waals surface area (Å²) in [6.45, 7) is 2.64. The fourth-order valence-electron chi connectivity index (χ4n) is 3.36. The third-order valence-corrected chi connectivity index (χ3v) is 7.58. The van der Waals surface area contributed by atoms with E-state index in [-0.39, 0.29) is 30.4 Å². The standard InChI is InChI=1S/C24H24N2O5S2/c1-2-30-19-10-11-21-22(15-19)32-24(25-21)26(16-20-9-6-13-31-20)23(27)12-14-33(28,29)17-18-7-4-3-5-8-18/h3-11,13,15H,2,12,14,16-17H2,1H3. The van der Waals surface area contributed by atoms with Gasteiger partial charge in [0.2, 0.25) is 5.91 Å². The topological polar surface area (TPSA) is 89.7 Å². The molecule has 0 fully saturated rings. The Bertz CT molecular complexity index is 1320. The second-order valence-electron chi connectivity index (χ2n) is 7.45. The first-order valence-corrected chi connectivity index (χ1v) is 13.2. The highest BCUT2D eigenvalue weighted by Gasteiger charge is 2.24. The van der Waals surface area contributed by atoms with E-state index in [1.165, 1.54) is 22.5 Å². The molecule has 2 aromatic carbocycles. The highest BCUT2D eigenvalue weighted by molar-refractivity contribution is 7.90. The van der Waals surface area contributed by atoms with Crippen molar-refractivity contribution in [2.75, 3.05) is 17.3 Å². The van der Waals surface area contributed by atoms with Crippen LogP contribution in [0.3, 0.4) is 0 Å². The Labute approximate surface area is 196 Å². The Hall–Kier alpha value is -3.17. The molecule has 33 heavy (non-hydrogen) atoms. The number of furan rings is 1. The number of hydrogen-bond acceptors (Lipinski definition) is 7. The van der Waals surface area contributed by atoms with E-state index in [0.29, 0.717) is 23.1 Å². The van der Waals surface area contributed by atoms with Crippen LogP contribution < -0.4 is 9.64 Å². The monoisotopic (exact) mass is 484 g/mol. The van der Waals surface area contributed by atoms with Gasteiger partial charge < -0.3 is 9.15 Å². The summed E-state index contributed by atoms with van der Waals surface area (Å²) < 4.78 is 37.1. The van der Waals surface area contributed by atoms with E-state index >= 15 is 0 Å². The Morgan fingerprint density at radius 3 is 2.67 bits per heavy atom. The minimum Gasteiger partial charge on any atom is -0.494 e. The minimum absolute atomic E-state index is 0.0966. The van der Waals surface area contributed by atoms with E-state index in [1.807, 2.05) is 31.2 Å². The van der Waals surface area contributed by atoms with Crippen molar-refractivity contribution in [3.8, 4) is 5.75 Å². The number of rotatable bonds is 10. The van der Waals surface area contributed by atoms with Gasteiger partial charge in [0.25, 0.3) is 0 Å². The molecule has 0 N–H and O–H groups in total. The summed E-state index contributed by atoms with van der Waals surface area (Å²) in [5.74, 6) is 0.656. The van der Waals surface area contributed by atoms with Gasteiger partial charge in [-0.15, -0.1) is 0 Å². The molecular weight excluding hydrogens is 460 g/mol. The third kappa shape index (κ3) is 6.00. The van der Waals surface area contributed by atoms with Gasteiger partial charge in [-0.25, -0.2) is 13.4 Å².